The topological polar surface area (TPSA) is 39.3 Å². The molecule has 6 heteroatoms. The van der Waals surface area contributed by atoms with Gasteiger partial charge in [-0.25, -0.2) is 0 Å². The van der Waals surface area contributed by atoms with Gasteiger partial charge in [-0.1, -0.05) is 12.1 Å². The molecule has 3 aliphatic heterocycles. The van der Waals surface area contributed by atoms with Gasteiger partial charge in [0.25, 0.3) is 0 Å². The second-order valence-electron chi connectivity index (χ2n) is 8.42. The first-order chi connectivity index (χ1) is 13.0. The van der Waals surface area contributed by atoms with Gasteiger partial charge >= 0.3 is 0 Å². The van der Waals surface area contributed by atoms with Gasteiger partial charge < -0.3 is 14.5 Å². The summed E-state index contributed by atoms with van der Waals surface area (Å²) in [5, 5.41) is 0. The van der Waals surface area contributed by atoms with E-state index in [1.54, 1.807) is 7.11 Å². The van der Waals surface area contributed by atoms with Crippen molar-refractivity contribution in [3.05, 3.63) is 29.8 Å². The lowest BCUT2D eigenvalue weighted by molar-refractivity contribution is -0.137. The highest BCUT2D eigenvalue weighted by Gasteiger charge is 2.47. The van der Waals surface area contributed by atoms with Crippen LogP contribution in [0.15, 0.2) is 24.3 Å². The van der Waals surface area contributed by atoms with Crippen LogP contribution in [0.5, 0.6) is 5.75 Å². The van der Waals surface area contributed by atoms with Crippen molar-refractivity contribution in [1.29, 1.82) is 0 Å². The molecule has 1 aromatic rings. The molecule has 0 radical (unpaired) electrons. The molecule has 4 rings (SSSR count). The predicted octanol–water partition coefficient (Wildman–Crippen LogP) is 0.974. The van der Waals surface area contributed by atoms with E-state index in [-0.39, 0.29) is 6.04 Å². The van der Waals surface area contributed by atoms with Crippen LogP contribution in [0, 0.1) is 5.92 Å². The molecule has 1 amide bonds. The van der Waals surface area contributed by atoms with Crippen LogP contribution in [0.2, 0.25) is 0 Å². The zero-order chi connectivity index (χ0) is 19.0. The molecule has 0 aromatic heterocycles. The fourth-order valence-electron chi connectivity index (χ4n) is 4.95. The molecular formula is C21H32N4O2. The van der Waals surface area contributed by atoms with Gasteiger partial charge in [0.2, 0.25) is 5.91 Å². The summed E-state index contributed by atoms with van der Waals surface area (Å²) < 4.78 is 5.25. The Kier molecular flexibility index (Phi) is 5.39. The number of piperazine rings is 1. The SMILES string of the molecule is COc1ccc(CN2C[C@@H]3C[C@@H](C(=O)N4CCN(C)CC4)N(C)[C@@H]3C2)cc1. The maximum Gasteiger partial charge on any atom is 0.240 e. The molecule has 3 aliphatic rings. The number of hydrogen-bond acceptors (Lipinski definition) is 5. The van der Waals surface area contributed by atoms with Crippen LogP contribution in [-0.4, -0.2) is 98.1 Å². The molecular weight excluding hydrogens is 340 g/mol. The molecule has 3 atom stereocenters. The molecule has 3 saturated heterocycles. The van der Waals surface area contributed by atoms with Gasteiger partial charge in [0.05, 0.1) is 13.2 Å². The average Bonchev–Trinajstić information content (AvgIpc) is 3.21. The van der Waals surface area contributed by atoms with Crippen molar-refractivity contribution in [1.82, 2.24) is 19.6 Å². The van der Waals surface area contributed by atoms with E-state index in [4.69, 9.17) is 4.74 Å². The monoisotopic (exact) mass is 372 g/mol. The molecule has 0 saturated carbocycles. The first kappa shape index (κ1) is 18.7. The number of likely N-dealkylation sites (tertiary alicyclic amines) is 2. The molecule has 3 fully saturated rings. The first-order valence-corrected chi connectivity index (χ1v) is 10.1. The number of methoxy groups -OCH3 is 1. The Morgan fingerprint density at radius 3 is 2.41 bits per heavy atom. The van der Waals surface area contributed by atoms with Crippen molar-refractivity contribution < 1.29 is 9.53 Å². The van der Waals surface area contributed by atoms with Crippen molar-refractivity contribution in [2.45, 2.75) is 25.0 Å². The lowest BCUT2D eigenvalue weighted by Crippen LogP contribution is -2.53. The number of nitrogens with zero attached hydrogens (tertiary/aromatic N) is 4. The number of fused-ring (bicyclic) bond motifs is 1. The maximum absolute atomic E-state index is 13.0. The molecule has 0 N–H and O–H groups in total. The van der Waals surface area contributed by atoms with Gasteiger partial charge in [-0.15, -0.1) is 0 Å². The second kappa shape index (κ2) is 7.78. The highest BCUT2D eigenvalue weighted by Crippen LogP contribution is 2.36. The molecule has 6 nitrogen and oxygen atoms in total. The Morgan fingerprint density at radius 1 is 1.07 bits per heavy atom. The van der Waals surface area contributed by atoms with Gasteiger partial charge in [-0.05, 0) is 44.1 Å². The zero-order valence-corrected chi connectivity index (χ0v) is 16.8. The van der Waals surface area contributed by atoms with E-state index in [2.05, 4.69) is 45.8 Å². The lowest BCUT2D eigenvalue weighted by atomic mass is 10.0. The largest absolute Gasteiger partial charge is 0.497 e. The Bertz CT molecular complexity index is 657. The van der Waals surface area contributed by atoms with E-state index in [1.165, 1.54) is 5.56 Å². The molecule has 3 heterocycles. The smallest absolute Gasteiger partial charge is 0.240 e. The van der Waals surface area contributed by atoms with Gasteiger partial charge in [-0.3, -0.25) is 14.6 Å². The van der Waals surface area contributed by atoms with Crippen LogP contribution in [0.3, 0.4) is 0 Å². The van der Waals surface area contributed by atoms with Crippen molar-refractivity contribution >= 4 is 5.91 Å². The summed E-state index contributed by atoms with van der Waals surface area (Å²) in [5.41, 5.74) is 1.32. The molecule has 0 bridgehead atoms. The number of benzene rings is 1. The highest BCUT2D eigenvalue weighted by atomic mass is 16.5. The lowest BCUT2D eigenvalue weighted by Gasteiger charge is -2.36. The number of rotatable bonds is 4. The summed E-state index contributed by atoms with van der Waals surface area (Å²) in [5.74, 6) is 1.86. The average molecular weight is 373 g/mol. The number of carbonyl (C=O) groups is 1. The van der Waals surface area contributed by atoms with Crippen molar-refractivity contribution in [3.8, 4) is 5.75 Å². The van der Waals surface area contributed by atoms with E-state index >= 15 is 0 Å². The Morgan fingerprint density at radius 2 is 1.78 bits per heavy atom. The van der Waals surface area contributed by atoms with Crippen LogP contribution >= 0.6 is 0 Å². The highest BCUT2D eigenvalue weighted by molar-refractivity contribution is 5.82. The molecule has 148 valence electrons. The Labute approximate surface area is 162 Å². The summed E-state index contributed by atoms with van der Waals surface area (Å²) in [6, 6.07) is 8.94. The third-order valence-electron chi connectivity index (χ3n) is 6.69. The minimum atomic E-state index is 0.0755. The van der Waals surface area contributed by atoms with E-state index in [1.807, 2.05) is 12.1 Å². The first-order valence-electron chi connectivity index (χ1n) is 10.1. The van der Waals surface area contributed by atoms with Crippen LogP contribution in [0.25, 0.3) is 0 Å². The second-order valence-corrected chi connectivity index (χ2v) is 8.42. The zero-order valence-electron chi connectivity index (χ0n) is 16.8. The molecule has 27 heavy (non-hydrogen) atoms. The van der Waals surface area contributed by atoms with Crippen LogP contribution < -0.4 is 4.74 Å². The fourth-order valence-corrected chi connectivity index (χ4v) is 4.95. The Balaban J connectivity index is 1.32. The number of hydrogen-bond donors (Lipinski definition) is 0. The maximum atomic E-state index is 13.0. The number of carbonyl (C=O) groups excluding carboxylic acids is 1. The summed E-state index contributed by atoms with van der Waals surface area (Å²) in [6.45, 7) is 6.85. The van der Waals surface area contributed by atoms with Crippen LogP contribution in [0.4, 0.5) is 0 Å². The summed E-state index contributed by atoms with van der Waals surface area (Å²) in [4.78, 5) is 22.3. The molecule has 0 aliphatic carbocycles. The molecule has 0 spiro atoms. The van der Waals surface area contributed by atoms with E-state index in [0.717, 1.165) is 58.0 Å². The van der Waals surface area contributed by atoms with E-state index < -0.39 is 0 Å². The van der Waals surface area contributed by atoms with Crippen LogP contribution in [0.1, 0.15) is 12.0 Å². The van der Waals surface area contributed by atoms with E-state index in [9.17, 15) is 4.79 Å². The summed E-state index contributed by atoms with van der Waals surface area (Å²) >= 11 is 0. The molecule has 0 unspecified atom stereocenters. The van der Waals surface area contributed by atoms with Crippen molar-refractivity contribution in [2.24, 2.45) is 5.92 Å². The minimum Gasteiger partial charge on any atom is -0.497 e. The summed E-state index contributed by atoms with van der Waals surface area (Å²) in [6.07, 6.45) is 1.01. The number of likely N-dealkylation sites (N-methyl/N-ethyl adjacent to an activating group) is 2. The van der Waals surface area contributed by atoms with Gasteiger partial charge in [0.1, 0.15) is 5.75 Å². The normalized spacial score (nSPS) is 29.9. The number of ether oxygens (including phenoxy) is 1. The standard InChI is InChI=1S/C21H32N4O2/c1-22-8-10-25(11-9-22)21(26)19-12-17-14-24(15-20(17)23(19)2)13-16-4-6-18(27-3)7-5-16/h4-7,17,19-20H,8-15H2,1-3H3/t17-,19-,20+/m0/s1. The minimum absolute atomic E-state index is 0.0755. The van der Waals surface area contributed by atoms with E-state index in [0.29, 0.717) is 17.9 Å². The van der Waals surface area contributed by atoms with Gasteiger partial charge in [0.15, 0.2) is 0 Å². The van der Waals surface area contributed by atoms with Gasteiger partial charge in [0, 0.05) is 51.9 Å². The predicted molar refractivity (Wildman–Crippen MR) is 106 cm³/mol. The molecule has 1 aromatic carbocycles. The fraction of sp³-hybridized carbons (Fsp3) is 0.667. The van der Waals surface area contributed by atoms with Crippen molar-refractivity contribution in [2.75, 3.05) is 60.5 Å². The number of amides is 1. The third-order valence-corrected chi connectivity index (χ3v) is 6.69. The summed E-state index contributed by atoms with van der Waals surface area (Å²) in [7, 11) is 5.98. The van der Waals surface area contributed by atoms with Crippen LogP contribution in [-0.2, 0) is 11.3 Å². The van der Waals surface area contributed by atoms with Crippen molar-refractivity contribution in [3.63, 3.8) is 0 Å². The Hall–Kier alpha value is -1.63. The third kappa shape index (κ3) is 3.84. The van der Waals surface area contributed by atoms with Gasteiger partial charge in [-0.2, -0.15) is 0 Å². The quantitative estimate of drug-likeness (QED) is 0.788.